The van der Waals surface area contributed by atoms with E-state index in [0.29, 0.717) is 25.3 Å². The van der Waals surface area contributed by atoms with Crippen LogP contribution in [0.1, 0.15) is 6.42 Å². The van der Waals surface area contributed by atoms with Gasteiger partial charge in [-0.2, -0.15) is 5.26 Å². The highest BCUT2D eigenvalue weighted by Crippen LogP contribution is 2.18. The van der Waals surface area contributed by atoms with E-state index >= 15 is 0 Å². The number of hydrogen-bond donors (Lipinski definition) is 0. The number of hydrogen-bond acceptors (Lipinski definition) is 4. The topological polar surface area (TPSA) is 52.8 Å². The number of aromatic nitrogens is 2. The molecular formula is C14H12F2N4. The first kappa shape index (κ1) is 13.9. The SMILES string of the molecule is C=CCN(CCC#N)c1cnc2cc(F)c(F)cc2n1. The molecule has 0 saturated heterocycles. The molecule has 0 aliphatic carbocycles. The van der Waals surface area contributed by atoms with Gasteiger partial charge in [0.15, 0.2) is 11.6 Å². The lowest BCUT2D eigenvalue weighted by atomic mass is 10.3. The molecule has 0 saturated carbocycles. The van der Waals surface area contributed by atoms with Gasteiger partial charge in [0.05, 0.1) is 29.7 Å². The normalized spacial score (nSPS) is 10.2. The third-order valence-corrected chi connectivity index (χ3v) is 2.74. The molecule has 6 heteroatoms. The molecule has 0 unspecified atom stereocenters. The number of benzene rings is 1. The van der Waals surface area contributed by atoms with Gasteiger partial charge in [0.2, 0.25) is 0 Å². The van der Waals surface area contributed by atoms with Crippen molar-refractivity contribution in [2.24, 2.45) is 0 Å². The minimum absolute atomic E-state index is 0.271. The van der Waals surface area contributed by atoms with Gasteiger partial charge in [-0.15, -0.1) is 6.58 Å². The van der Waals surface area contributed by atoms with Crippen molar-refractivity contribution >= 4 is 16.9 Å². The first-order valence-electron chi connectivity index (χ1n) is 6.00. The minimum atomic E-state index is -0.962. The third kappa shape index (κ3) is 2.88. The lowest BCUT2D eigenvalue weighted by molar-refractivity contribution is 0.510. The van der Waals surface area contributed by atoms with Crippen LogP contribution in [0, 0.1) is 23.0 Å². The molecule has 0 N–H and O–H groups in total. The Hall–Kier alpha value is -2.55. The van der Waals surface area contributed by atoms with Crippen molar-refractivity contribution in [1.82, 2.24) is 9.97 Å². The monoisotopic (exact) mass is 274 g/mol. The zero-order valence-corrected chi connectivity index (χ0v) is 10.7. The van der Waals surface area contributed by atoms with Crippen molar-refractivity contribution < 1.29 is 8.78 Å². The molecule has 0 fully saturated rings. The summed E-state index contributed by atoms with van der Waals surface area (Å²) in [6, 6.07) is 4.07. The van der Waals surface area contributed by atoms with Crippen LogP contribution in [0.15, 0.2) is 31.0 Å². The highest BCUT2D eigenvalue weighted by Gasteiger charge is 2.10. The Morgan fingerprint density at radius 1 is 1.30 bits per heavy atom. The molecule has 2 aromatic rings. The van der Waals surface area contributed by atoms with E-state index in [0.717, 1.165) is 12.1 Å². The van der Waals surface area contributed by atoms with Crippen LogP contribution in [0.2, 0.25) is 0 Å². The number of halogens is 2. The second-order valence-electron chi connectivity index (χ2n) is 4.13. The first-order valence-corrected chi connectivity index (χ1v) is 6.00. The van der Waals surface area contributed by atoms with Gasteiger partial charge in [-0.25, -0.2) is 13.8 Å². The average molecular weight is 274 g/mol. The molecule has 0 bridgehead atoms. The Morgan fingerprint density at radius 3 is 2.65 bits per heavy atom. The van der Waals surface area contributed by atoms with Crippen LogP contribution in [0.5, 0.6) is 0 Å². The molecule has 102 valence electrons. The number of fused-ring (bicyclic) bond motifs is 1. The van der Waals surface area contributed by atoms with E-state index in [1.807, 2.05) is 6.07 Å². The summed E-state index contributed by atoms with van der Waals surface area (Å²) in [6.07, 6.45) is 3.47. The molecular weight excluding hydrogens is 262 g/mol. The molecule has 0 radical (unpaired) electrons. The summed E-state index contributed by atoms with van der Waals surface area (Å²) in [7, 11) is 0. The summed E-state index contributed by atoms with van der Waals surface area (Å²) in [5.74, 6) is -1.41. The fourth-order valence-electron chi connectivity index (χ4n) is 1.79. The van der Waals surface area contributed by atoms with Crippen LogP contribution >= 0.6 is 0 Å². The van der Waals surface area contributed by atoms with Crippen molar-refractivity contribution in [3.63, 3.8) is 0 Å². The molecule has 2 rings (SSSR count). The van der Waals surface area contributed by atoms with E-state index in [2.05, 4.69) is 16.5 Å². The molecule has 1 heterocycles. The largest absolute Gasteiger partial charge is 0.351 e. The first-order chi connectivity index (χ1) is 9.65. The van der Waals surface area contributed by atoms with Crippen LogP contribution in [0.4, 0.5) is 14.6 Å². The maximum absolute atomic E-state index is 13.2. The number of nitriles is 1. The van der Waals surface area contributed by atoms with Crippen LogP contribution in [0.3, 0.4) is 0 Å². The van der Waals surface area contributed by atoms with Gasteiger partial charge >= 0.3 is 0 Å². The molecule has 0 aliphatic rings. The quantitative estimate of drug-likeness (QED) is 0.787. The molecule has 1 aromatic carbocycles. The Morgan fingerprint density at radius 2 is 2.00 bits per heavy atom. The lowest BCUT2D eigenvalue weighted by Gasteiger charge is -2.20. The van der Waals surface area contributed by atoms with Crippen LogP contribution in [0.25, 0.3) is 11.0 Å². The Balaban J connectivity index is 2.40. The van der Waals surface area contributed by atoms with Gasteiger partial charge in [0.25, 0.3) is 0 Å². The highest BCUT2D eigenvalue weighted by molar-refractivity contribution is 5.75. The van der Waals surface area contributed by atoms with Crippen LogP contribution < -0.4 is 4.90 Å². The Kier molecular flexibility index (Phi) is 4.20. The standard InChI is InChI=1S/C14H12F2N4/c1-2-5-20(6-3-4-17)14-9-18-12-7-10(15)11(16)8-13(12)19-14/h2,7-9H,1,3,5-6H2. The molecule has 4 nitrogen and oxygen atoms in total. The third-order valence-electron chi connectivity index (χ3n) is 2.74. The van der Waals surface area contributed by atoms with E-state index < -0.39 is 11.6 Å². The van der Waals surface area contributed by atoms with Gasteiger partial charge in [-0.1, -0.05) is 6.08 Å². The predicted molar refractivity (Wildman–Crippen MR) is 72.1 cm³/mol. The van der Waals surface area contributed by atoms with Crippen LogP contribution in [-0.2, 0) is 0 Å². The zero-order chi connectivity index (χ0) is 14.5. The summed E-state index contributed by atoms with van der Waals surface area (Å²) in [5.41, 5.74) is 0.555. The number of anilines is 1. The Labute approximate surface area is 115 Å². The van der Waals surface area contributed by atoms with E-state index in [1.54, 1.807) is 11.0 Å². The van der Waals surface area contributed by atoms with Gasteiger partial charge in [0, 0.05) is 25.2 Å². The smallest absolute Gasteiger partial charge is 0.161 e. The van der Waals surface area contributed by atoms with E-state index in [-0.39, 0.29) is 11.0 Å². The minimum Gasteiger partial charge on any atom is -0.351 e. The second-order valence-corrected chi connectivity index (χ2v) is 4.13. The van der Waals surface area contributed by atoms with E-state index in [9.17, 15) is 8.78 Å². The molecule has 20 heavy (non-hydrogen) atoms. The fraction of sp³-hybridized carbons (Fsp3) is 0.214. The summed E-state index contributed by atoms with van der Waals surface area (Å²) in [4.78, 5) is 10.1. The lowest BCUT2D eigenvalue weighted by Crippen LogP contribution is -2.25. The van der Waals surface area contributed by atoms with Gasteiger partial charge < -0.3 is 4.90 Å². The molecule has 0 amide bonds. The fourth-order valence-corrected chi connectivity index (χ4v) is 1.79. The summed E-state index contributed by atoms with van der Waals surface area (Å²) < 4.78 is 26.3. The zero-order valence-electron chi connectivity index (χ0n) is 10.7. The van der Waals surface area contributed by atoms with Crippen LogP contribution in [-0.4, -0.2) is 23.1 Å². The second kappa shape index (κ2) is 6.06. The number of nitrogens with zero attached hydrogens (tertiary/aromatic N) is 4. The van der Waals surface area contributed by atoms with Crippen molar-refractivity contribution in [3.05, 3.63) is 42.6 Å². The van der Waals surface area contributed by atoms with Crippen molar-refractivity contribution in [3.8, 4) is 6.07 Å². The van der Waals surface area contributed by atoms with Gasteiger partial charge in [-0.05, 0) is 0 Å². The van der Waals surface area contributed by atoms with Crippen molar-refractivity contribution in [2.75, 3.05) is 18.0 Å². The van der Waals surface area contributed by atoms with Gasteiger partial charge in [0.1, 0.15) is 5.82 Å². The summed E-state index contributed by atoms with van der Waals surface area (Å²) in [5, 5.41) is 8.64. The summed E-state index contributed by atoms with van der Waals surface area (Å²) in [6.45, 7) is 4.60. The molecule has 1 aromatic heterocycles. The van der Waals surface area contributed by atoms with E-state index in [1.165, 1.54) is 6.20 Å². The van der Waals surface area contributed by atoms with Crippen molar-refractivity contribution in [2.45, 2.75) is 6.42 Å². The average Bonchev–Trinajstić information content (AvgIpc) is 2.44. The maximum atomic E-state index is 13.2. The molecule has 0 spiro atoms. The Bertz CT molecular complexity index is 679. The summed E-state index contributed by atoms with van der Waals surface area (Å²) >= 11 is 0. The van der Waals surface area contributed by atoms with Crippen molar-refractivity contribution in [1.29, 1.82) is 5.26 Å². The predicted octanol–water partition coefficient (Wildman–Crippen LogP) is 2.81. The maximum Gasteiger partial charge on any atom is 0.161 e. The van der Waals surface area contributed by atoms with E-state index in [4.69, 9.17) is 5.26 Å². The highest BCUT2D eigenvalue weighted by atomic mass is 19.2. The molecule has 0 aliphatic heterocycles. The molecule has 0 atom stereocenters. The number of rotatable bonds is 5. The van der Waals surface area contributed by atoms with Gasteiger partial charge in [-0.3, -0.25) is 4.98 Å².